The van der Waals surface area contributed by atoms with Crippen LogP contribution in [0.15, 0.2) is 0 Å². The first kappa shape index (κ1) is 6.31. The second kappa shape index (κ2) is 3.50. The molecule has 0 saturated carbocycles. The minimum atomic E-state index is -0.941. The fraction of sp³-hybridized carbons (Fsp3) is 1.00. The van der Waals surface area contributed by atoms with Crippen LogP contribution in [0.25, 0.3) is 0 Å². The molecule has 0 aliphatic rings. The molecule has 0 saturated heterocycles. The van der Waals surface area contributed by atoms with Gasteiger partial charge in [-0.3, -0.25) is 0 Å². The van der Waals surface area contributed by atoms with Crippen LogP contribution in [0.5, 0.6) is 0 Å². The summed E-state index contributed by atoms with van der Waals surface area (Å²) in [5.41, 5.74) is 0. The summed E-state index contributed by atoms with van der Waals surface area (Å²) in [5, 5.41) is 0. The molecule has 0 aromatic carbocycles. The molecule has 0 bridgehead atoms. The molecule has 0 fully saturated rings. The molecule has 0 atom stereocenters. The zero-order valence-electron chi connectivity index (χ0n) is 3.72. The van der Waals surface area contributed by atoms with Crippen LogP contribution in [0.1, 0.15) is 6.92 Å². The van der Waals surface area contributed by atoms with E-state index in [2.05, 4.69) is 0 Å². The normalized spacial score (nSPS) is 11.0. The van der Waals surface area contributed by atoms with Gasteiger partial charge >= 0.3 is 40.3 Å². The molecule has 4 heteroatoms. The van der Waals surface area contributed by atoms with Crippen LogP contribution in [0.3, 0.4) is 0 Å². The van der Waals surface area contributed by atoms with Crippen LogP contribution in [-0.4, -0.2) is 17.2 Å². The zero-order valence-corrected chi connectivity index (χ0v) is 4.53. The van der Waals surface area contributed by atoms with E-state index in [0.717, 1.165) is 6.32 Å². The summed E-state index contributed by atoms with van der Waals surface area (Å²) in [6.07, 6.45) is 2.50. The van der Waals surface area contributed by atoms with E-state index in [4.69, 9.17) is 11.1 Å². The molecular formula is C2H6B2OS. The van der Waals surface area contributed by atoms with Crippen molar-refractivity contribution in [1.29, 1.82) is 0 Å². The van der Waals surface area contributed by atoms with Gasteiger partial charge in [-0.15, -0.1) is 0 Å². The summed E-state index contributed by atoms with van der Waals surface area (Å²) in [4.78, 5) is 0. The van der Waals surface area contributed by atoms with E-state index in [1.54, 1.807) is 6.15 Å². The van der Waals surface area contributed by atoms with Crippen molar-refractivity contribution in [2.45, 2.75) is 13.2 Å². The second-order valence-corrected chi connectivity index (χ2v) is 1.95. The molecule has 0 aromatic rings. The van der Waals surface area contributed by atoms with Gasteiger partial charge in [0.15, 0.2) is 0 Å². The Bertz CT molecular complexity index is 133. The molecule has 0 aliphatic carbocycles. The molecule has 0 amide bonds. The van der Waals surface area contributed by atoms with E-state index in [1.807, 2.05) is 6.92 Å². The molecule has 0 radical (unpaired) electrons. The molecule has 1 N–H and O–H groups in total. The van der Waals surface area contributed by atoms with E-state index >= 15 is 0 Å². The Morgan fingerprint density at radius 3 is 2.50 bits per heavy atom. The van der Waals surface area contributed by atoms with Crippen LogP contribution in [0, 0.1) is 0 Å². The van der Waals surface area contributed by atoms with Gasteiger partial charge in [-0.25, -0.2) is 0 Å². The first-order valence-corrected chi connectivity index (χ1v) is 3.08. The van der Waals surface area contributed by atoms with Gasteiger partial charge in [-0.2, -0.15) is 0 Å². The monoisotopic (exact) mass is 100 g/mol. The van der Waals surface area contributed by atoms with Crippen molar-refractivity contribution in [1.82, 2.24) is 0 Å². The quantitative estimate of drug-likeness (QED) is 0.484. The van der Waals surface area contributed by atoms with E-state index in [-0.39, 0.29) is 0 Å². The van der Waals surface area contributed by atoms with Gasteiger partial charge in [0.05, 0.1) is 0 Å². The van der Waals surface area contributed by atoms with E-state index in [9.17, 15) is 0 Å². The minimum absolute atomic E-state index is 0.843. The van der Waals surface area contributed by atoms with Gasteiger partial charge < -0.3 is 0 Å². The molecule has 0 unspecified atom stereocenters. The number of hydrogen-bond donors (Lipinski definition) is 1. The topological polar surface area (TPSA) is 20.2 Å². The standard InChI is InChI=1S/C2H6B2OS/c1-2-4-6(3)5/h5H,2H2,1H3. The second-order valence-electron chi connectivity index (χ2n) is 0.922. The third-order valence-electron chi connectivity index (χ3n) is 0.337. The molecular weight excluding hydrogens is 93.7 g/mol. The maximum atomic E-state index is 8.30. The average Bonchev–Trinajstić information content (AvgIpc) is 1.35. The molecule has 1 nitrogen and oxygen atoms in total. The van der Waals surface area contributed by atoms with Gasteiger partial charge in [0, 0.05) is 0 Å². The van der Waals surface area contributed by atoms with Crippen molar-refractivity contribution in [3.63, 3.8) is 0 Å². The SMILES string of the molecule is B#S(O)=BCC. The Kier molecular flexibility index (Phi) is 3.68. The maximum absolute atomic E-state index is 8.30. The van der Waals surface area contributed by atoms with Crippen molar-refractivity contribution < 1.29 is 4.55 Å². The summed E-state index contributed by atoms with van der Waals surface area (Å²) < 4.78 is 8.30. The van der Waals surface area contributed by atoms with E-state index < -0.39 is 9.84 Å². The number of hydrogen-bond acceptors (Lipinski definition) is 1. The Morgan fingerprint density at radius 1 is 2.00 bits per heavy atom. The van der Waals surface area contributed by atoms with Crippen molar-refractivity contribution >= 4 is 22.5 Å². The van der Waals surface area contributed by atoms with Crippen molar-refractivity contribution in [3.05, 3.63) is 0 Å². The molecule has 6 heavy (non-hydrogen) atoms. The fourth-order valence-corrected chi connectivity index (χ4v) is 0.512. The molecule has 0 aliphatic heterocycles. The summed E-state index contributed by atoms with van der Waals surface area (Å²) in [6.45, 7) is 6.86. The van der Waals surface area contributed by atoms with E-state index in [0.29, 0.717) is 0 Å². The predicted molar refractivity (Wildman–Crippen MR) is 32.2 cm³/mol. The Hall–Kier alpha value is 0.310. The van der Waals surface area contributed by atoms with Gasteiger partial charge in [0.1, 0.15) is 0 Å². The third kappa shape index (κ3) is 4.31. The summed E-state index contributed by atoms with van der Waals surface area (Å²) in [5.74, 6) is 0. The van der Waals surface area contributed by atoms with Crippen molar-refractivity contribution in [2.75, 3.05) is 0 Å². The number of rotatable bonds is 1. The zero-order chi connectivity index (χ0) is 4.99. The first-order valence-electron chi connectivity index (χ1n) is 1.77. The Labute approximate surface area is 41.1 Å². The summed E-state index contributed by atoms with van der Waals surface area (Å²) >= 11 is 0. The third-order valence-corrected chi connectivity index (χ3v) is 1.01. The van der Waals surface area contributed by atoms with Crippen molar-refractivity contribution in [2.24, 2.45) is 0 Å². The van der Waals surface area contributed by atoms with Gasteiger partial charge in [-0.1, -0.05) is 0 Å². The summed E-state index contributed by atoms with van der Waals surface area (Å²) in [6, 6.07) is 0. The molecule has 0 rings (SSSR count). The van der Waals surface area contributed by atoms with E-state index in [1.165, 1.54) is 0 Å². The van der Waals surface area contributed by atoms with Gasteiger partial charge in [0.2, 0.25) is 0 Å². The Morgan fingerprint density at radius 2 is 2.50 bits per heavy atom. The van der Waals surface area contributed by atoms with Crippen LogP contribution < -0.4 is 0 Å². The molecule has 0 heterocycles. The van der Waals surface area contributed by atoms with Crippen LogP contribution in [0.2, 0.25) is 6.32 Å². The molecule has 0 aromatic heterocycles. The average molecular weight is 99.8 g/mol. The molecule has 0 spiro atoms. The van der Waals surface area contributed by atoms with Crippen LogP contribution in [0.4, 0.5) is 0 Å². The molecule has 32 valence electrons. The first-order chi connectivity index (χ1) is 2.77. The predicted octanol–water partition coefficient (Wildman–Crippen LogP) is 0.869. The van der Waals surface area contributed by atoms with Crippen LogP contribution >= 0.6 is 9.84 Å². The fourth-order valence-electron chi connectivity index (χ4n) is 0.171. The van der Waals surface area contributed by atoms with Crippen LogP contribution in [-0.2, 0) is 0 Å². The van der Waals surface area contributed by atoms with Gasteiger partial charge in [-0.05, 0) is 0 Å². The van der Waals surface area contributed by atoms with Gasteiger partial charge in [0.25, 0.3) is 0 Å². The Balaban J connectivity index is 3.55. The van der Waals surface area contributed by atoms with Crippen molar-refractivity contribution in [3.8, 4) is 0 Å². The summed E-state index contributed by atoms with van der Waals surface area (Å²) in [7, 11) is -0.941.